The van der Waals surface area contributed by atoms with Gasteiger partial charge in [-0.15, -0.1) is 0 Å². The molecule has 2 aromatic rings. The van der Waals surface area contributed by atoms with Gasteiger partial charge in [0.05, 0.1) is 5.52 Å². The summed E-state index contributed by atoms with van der Waals surface area (Å²) in [4.78, 5) is 6.91. The summed E-state index contributed by atoms with van der Waals surface area (Å²) in [6.45, 7) is 7.55. The van der Waals surface area contributed by atoms with E-state index in [1.807, 2.05) is 12.3 Å². The molecule has 20 heavy (non-hydrogen) atoms. The molecular weight excluding hydrogens is 248 g/mol. The van der Waals surface area contributed by atoms with E-state index in [4.69, 9.17) is 5.84 Å². The first-order valence-electron chi connectivity index (χ1n) is 7.32. The summed E-state index contributed by atoms with van der Waals surface area (Å²) < 4.78 is 0. The molecule has 0 bridgehead atoms. The second-order valence-electron chi connectivity index (χ2n) is 4.96. The summed E-state index contributed by atoms with van der Waals surface area (Å²) >= 11 is 0. The summed E-state index contributed by atoms with van der Waals surface area (Å²) in [5, 5.41) is 1.16. The lowest BCUT2D eigenvalue weighted by molar-refractivity contribution is 0.282. The lowest BCUT2D eigenvalue weighted by atomic mass is 10.0. The molecule has 0 fully saturated rings. The maximum atomic E-state index is 5.77. The van der Waals surface area contributed by atoms with Gasteiger partial charge in [0.15, 0.2) is 0 Å². The number of hydrazine groups is 1. The van der Waals surface area contributed by atoms with E-state index in [9.17, 15) is 0 Å². The fraction of sp³-hybridized carbons (Fsp3) is 0.438. The smallest absolute Gasteiger partial charge is 0.0750 e. The number of rotatable bonds is 7. The first-order chi connectivity index (χ1) is 9.80. The van der Waals surface area contributed by atoms with Crippen molar-refractivity contribution >= 4 is 10.9 Å². The Bertz CT molecular complexity index is 531. The number of fused-ring (bicyclic) bond motifs is 1. The largest absolute Gasteiger partial charge is 0.304 e. The highest BCUT2D eigenvalue weighted by molar-refractivity contribution is 5.81. The molecule has 0 amide bonds. The maximum Gasteiger partial charge on any atom is 0.0750 e. The van der Waals surface area contributed by atoms with E-state index in [2.05, 4.69) is 53.4 Å². The Kier molecular flexibility index (Phi) is 5.47. The van der Waals surface area contributed by atoms with Crippen LogP contribution < -0.4 is 11.3 Å². The molecule has 0 saturated carbocycles. The lowest BCUT2D eigenvalue weighted by Gasteiger charge is -2.23. The Labute approximate surface area is 121 Å². The van der Waals surface area contributed by atoms with Crippen LogP contribution in [0.5, 0.6) is 0 Å². The third kappa shape index (κ3) is 3.33. The normalized spacial score (nSPS) is 13.0. The SMILES string of the molecule is CCN(CC)CCC(NN)c1cccc2cccnc12. The molecule has 0 saturated heterocycles. The monoisotopic (exact) mass is 272 g/mol. The standard InChI is InChI=1S/C16H24N4/c1-3-20(4-2)12-10-15(19-17)14-9-5-7-13-8-6-11-18-16(13)14/h5-9,11,15,19H,3-4,10,12,17H2,1-2H3. The molecule has 1 aromatic heterocycles. The number of hydrogen-bond donors (Lipinski definition) is 2. The topological polar surface area (TPSA) is 54.2 Å². The highest BCUT2D eigenvalue weighted by Gasteiger charge is 2.14. The van der Waals surface area contributed by atoms with Crippen molar-refractivity contribution in [3.63, 3.8) is 0 Å². The minimum atomic E-state index is 0.134. The van der Waals surface area contributed by atoms with Crippen molar-refractivity contribution < 1.29 is 0 Å². The predicted octanol–water partition coefficient (Wildman–Crippen LogP) is 2.47. The van der Waals surface area contributed by atoms with Gasteiger partial charge in [0, 0.05) is 17.6 Å². The quantitative estimate of drug-likeness (QED) is 0.600. The van der Waals surface area contributed by atoms with Crippen molar-refractivity contribution in [2.45, 2.75) is 26.3 Å². The van der Waals surface area contributed by atoms with E-state index in [-0.39, 0.29) is 6.04 Å². The van der Waals surface area contributed by atoms with Crippen LogP contribution >= 0.6 is 0 Å². The molecule has 108 valence electrons. The molecule has 0 radical (unpaired) electrons. The van der Waals surface area contributed by atoms with Crippen molar-refractivity contribution in [3.8, 4) is 0 Å². The molecule has 2 rings (SSSR count). The van der Waals surface area contributed by atoms with Crippen LogP contribution in [-0.2, 0) is 0 Å². The second kappa shape index (κ2) is 7.33. The Morgan fingerprint density at radius 1 is 1.20 bits per heavy atom. The Morgan fingerprint density at radius 2 is 1.95 bits per heavy atom. The van der Waals surface area contributed by atoms with E-state index in [0.29, 0.717) is 0 Å². The Hall–Kier alpha value is -1.49. The van der Waals surface area contributed by atoms with Crippen molar-refractivity contribution in [3.05, 3.63) is 42.1 Å². The van der Waals surface area contributed by atoms with Crippen molar-refractivity contribution in [2.24, 2.45) is 5.84 Å². The molecular formula is C16H24N4. The number of aromatic nitrogens is 1. The molecule has 4 heteroatoms. The van der Waals surface area contributed by atoms with E-state index in [1.165, 1.54) is 5.56 Å². The number of pyridine rings is 1. The first kappa shape index (κ1) is 14.9. The van der Waals surface area contributed by atoms with Crippen LogP contribution in [0.1, 0.15) is 31.9 Å². The van der Waals surface area contributed by atoms with Gasteiger partial charge in [0.25, 0.3) is 0 Å². The zero-order valence-electron chi connectivity index (χ0n) is 12.3. The molecule has 1 heterocycles. The number of nitrogens with zero attached hydrogens (tertiary/aromatic N) is 2. The van der Waals surface area contributed by atoms with Gasteiger partial charge in [-0.05, 0) is 37.7 Å². The van der Waals surface area contributed by atoms with Crippen LogP contribution in [0.3, 0.4) is 0 Å². The molecule has 1 atom stereocenters. The molecule has 0 aliphatic heterocycles. The number of hydrogen-bond acceptors (Lipinski definition) is 4. The maximum absolute atomic E-state index is 5.77. The predicted molar refractivity (Wildman–Crippen MR) is 84.2 cm³/mol. The summed E-state index contributed by atoms with van der Waals surface area (Å²) in [5.74, 6) is 5.77. The van der Waals surface area contributed by atoms with E-state index in [1.54, 1.807) is 0 Å². The third-order valence-electron chi connectivity index (χ3n) is 3.87. The minimum absolute atomic E-state index is 0.134. The zero-order valence-corrected chi connectivity index (χ0v) is 12.3. The number of nitrogens with two attached hydrogens (primary N) is 1. The average Bonchev–Trinajstić information content (AvgIpc) is 2.51. The minimum Gasteiger partial charge on any atom is -0.304 e. The van der Waals surface area contributed by atoms with Gasteiger partial charge in [0.2, 0.25) is 0 Å². The summed E-state index contributed by atoms with van der Waals surface area (Å²) in [6, 6.07) is 10.5. The van der Waals surface area contributed by atoms with Crippen LogP contribution in [0.4, 0.5) is 0 Å². The van der Waals surface area contributed by atoms with Crippen molar-refractivity contribution in [1.29, 1.82) is 0 Å². The van der Waals surface area contributed by atoms with Gasteiger partial charge in [-0.3, -0.25) is 16.3 Å². The Morgan fingerprint density at radius 3 is 2.65 bits per heavy atom. The molecule has 0 aliphatic carbocycles. The van der Waals surface area contributed by atoms with E-state index < -0.39 is 0 Å². The van der Waals surface area contributed by atoms with Gasteiger partial charge < -0.3 is 4.90 Å². The number of para-hydroxylation sites is 1. The fourth-order valence-corrected chi connectivity index (χ4v) is 2.59. The van der Waals surface area contributed by atoms with E-state index in [0.717, 1.165) is 37.0 Å². The Balaban J connectivity index is 2.21. The molecule has 1 unspecified atom stereocenters. The van der Waals surface area contributed by atoms with Gasteiger partial charge in [0.1, 0.15) is 0 Å². The summed E-state index contributed by atoms with van der Waals surface area (Å²) in [6.07, 6.45) is 2.82. The molecule has 3 N–H and O–H groups in total. The van der Waals surface area contributed by atoms with Gasteiger partial charge >= 0.3 is 0 Å². The van der Waals surface area contributed by atoms with Gasteiger partial charge in [-0.25, -0.2) is 0 Å². The van der Waals surface area contributed by atoms with Gasteiger partial charge in [-0.2, -0.15) is 0 Å². The molecule has 1 aromatic carbocycles. The van der Waals surface area contributed by atoms with Crippen LogP contribution in [0.25, 0.3) is 10.9 Å². The summed E-state index contributed by atoms with van der Waals surface area (Å²) in [5.41, 5.74) is 5.17. The highest BCUT2D eigenvalue weighted by Crippen LogP contribution is 2.24. The first-order valence-corrected chi connectivity index (χ1v) is 7.32. The lowest BCUT2D eigenvalue weighted by Crippen LogP contribution is -2.33. The third-order valence-corrected chi connectivity index (χ3v) is 3.87. The second-order valence-corrected chi connectivity index (χ2v) is 4.96. The van der Waals surface area contributed by atoms with Crippen LogP contribution in [0, 0.1) is 0 Å². The van der Waals surface area contributed by atoms with Crippen LogP contribution in [-0.4, -0.2) is 29.5 Å². The fourth-order valence-electron chi connectivity index (χ4n) is 2.59. The summed E-state index contributed by atoms with van der Waals surface area (Å²) in [7, 11) is 0. The highest BCUT2D eigenvalue weighted by atomic mass is 15.2. The van der Waals surface area contributed by atoms with E-state index >= 15 is 0 Å². The van der Waals surface area contributed by atoms with Crippen molar-refractivity contribution in [1.82, 2.24) is 15.3 Å². The van der Waals surface area contributed by atoms with Crippen LogP contribution in [0.2, 0.25) is 0 Å². The van der Waals surface area contributed by atoms with Crippen LogP contribution in [0.15, 0.2) is 36.5 Å². The zero-order chi connectivity index (χ0) is 14.4. The number of nitrogens with one attached hydrogen (secondary N) is 1. The molecule has 0 spiro atoms. The number of benzene rings is 1. The van der Waals surface area contributed by atoms with Gasteiger partial charge in [-0.1, -0.05) is 38.1 Å². The molecule has 0 aliphatic rings. The average molecular weight is 272 g/mol. The molecule has 4 nitrogen and oxygen atoms in total. The van der Waals surface area contributed by atoms with Crippen molar-refractivity contribution in [2.75, 3.05) is 19.6 Å².